The number of carboxylic acids is 2. The smallest absolute Gasteiger partial charge is 0.414 e. The van der Waals surface area contributed by atoms with Crippen LogP contribution in [0.4, 0.5) is 0 Å². The molecule has 168 valence electrons. The normalized spacial score (nSPS) is 14.7. The molecule has 0 bridgehead atoms. The van der Waals surface area contributed by atoms with Crippen LogP contribution in [0.5, 0.6) is 11.5 Å². The van der Waals surface area contributed by atoms with E-state index < -0.39 is 11.9 Å². The number of ether oxygens (including phenoxy) is 3. The van der Waals surface area contributed by atoms with Gasteiger partial charge in [0.2, 0.25) is 0 Å². The number of hydrogen-bond acceptors (Lipinski definition) is 7. The zero-order chi connectivity index (χ0) is 22.4. The molecule has 1 heterocycles. The van der Waals surface area contributed by atoms with Crippen LogP contribution in [0.25, 0.3) is 0 Å². The Kier molecular flexibility index (Phi) is 12.2. The first-order valence-electron chi connectivity index (χ1n) is 9.75. The molecule has 3 N–H and O–H groups in total. The van der Waals surface area contributed by atoms with E-state index in [4.69, 9.17) is 34.0 Å². The lowest BCUT2D eigenvalue weighted by atomic mass is 10.0. The molecule has 0 saturated carbocycles. The fraction of sp³-hybridized carbons (Fsp3) is 0.524. The molecule has 1 saturated heterocycles. The van der Waals surface area contributed by atoms with Gasteiger partial charge in [0.05, 0.1) is 27.4 Å². The lowest BCUT2D eigenvalue weighted by molar-refractivity contribution is -0.159. The number of hydrogen-bond donors (Lipinski definition) is 3. The molecule has 0 amide bonds. The van der Waals surface area contributed by atoms with Gasteiger partial charge in [-0.2, -0.15) is 0 Å². The molecule has 1 fully saturated rings. The summed E-state index contributed by atoms with van der Waals surface area (Å²) < 4.78 is 16.1. The van der Waals surface area contributed by atoms with Gasteiger partial charge >= 0.3 is 11.9 Å². The molecular weight excluding hydrogens is 392 g/mol. The van der Waals surface area contributed by atoms with Crippen LogP contribution in [0, 0.1) is 0 Å². The molecule has 9 heteroatoms. The summed E-state index contributed by atoms with van der Waals surface area (Å²) in [6.45, 7) is 9.79. The quantitative estimate of drug-likeness (QED) is 0.293. The molecule has 1 aromatic carbocycles. The van der Waals surface area contributed by atoms with Crippen LogP contribution in [0.3, 0.4) is 0 Å². The first-order valence-corrected chi connectivity index (χ1v) is 9.75. The van der Waals surface area contributed by atoms with Gasteiger partial charge in [0.25, 0.3) is 0 Å². The summed E-state index contributed by atoms with van der Waals surface area (Å²) in [4.78, 5) is 20.7. The summed E-state index contributed by atoms with van der Waals surface area (Å²) in [5, 5.41) is 18.4. The molecule has 1 aliphatic rings. The summed E-state index contributed by atoms with van der Waals surface area (Å²) >= 11 is 0. The van der Waals surface area contributed by atoms with Crippen LogP contribution in [-0.4, -0.2) is 80.7 Å². The van der Waals surface area contributed by atoms with Gasteiger partial charge in [-0.1, -0.05) is 12.1 Å². The van der Waals surface area contributed by atoms with E-state index in [9.17, 15) is 0 Å². The van der Waals surface area contributed by atoms with Crippen molar-refractivity contribution in [2.45, 2.75) is 18.9 Å². The summed E-state index contributed by atoms with van der Waals surface area (Å²) in [5.41, 5.74) is 1.19. The molecule has 1 unspecified atom stereocenters. The van der Waals surface area contributed by atoms with Crippen LogP contribution in [0.1, 0.15) is 24.4 Å². The van der Waals surface area contributed by atoms with E-state index in [1.165, 1.54) is 5.56 Å². The number of rotatable bonds is 10. The summed E-state index contributed by atoms with van der Waals surface area (Å²) in [5.74, 6) is -2.13. The third kappa shape index (κ3) is 9.25. The van der Waals surface area contributed by atoms with Gasteiger partial charge in [0, 0.05) is 19.1 Å². The van der Waals surface area contributed by atoms with Gasteiger partial charge in [-0.05, 0) is 43.6 Å². The average molecular weight is 424 g/mol. The van der Waals surface area contributed by atoms with Gasteiger partial charge in [-0.15, -0.1) is 6.58 Å². The van der Waals surface area contributed by atoms with Crippen LogP contribution in [-0.2, 0) is 14.3 Å². The Balaban J connectivity index is 0.000000656. The first-order chi connectivity index (χ1) is 14.4. The fourth-order valence-corrected chi connectivity index (χ4v) is 2.98. The van der Waals surface area contributed by atoms with Crippen LogP contribution < -0.4 is 14.8 Å². The van der Waals surface area contributed by atoms with Crippen LogP contribution in [0.15, 0.2) is 30.9 Å². The largest absolute Gasteiger partial charge is 0.493 e. The number of nitrogens with one attached hydrogen (secondary N) is 1. The Morgan fingerprint density at radius 2 is 1.83 bits per heavy atom. The minimum Gasteiger partial charge on any atom is -0.493 e. The van der Waals surface area contributed by atoms with E-state index in [2.05, 4.69) is 22.9 Å². The lowest BCUT2D eigenvalue weighted by Crippen LogP contribution is -2.38. The summed E-state index contributed by atoms with van der Waals surface area (Å²) in [7, 11) is 3.32. The molecule has 0 aromatic heterocycles. The molecule has 1 atom stereocenters. The number of carbonyl (C=O) groups is 2. The number of nitrogens with zero attached hydrogens (tertiary/aromatic N) is 1. The first kappa shape index (κ1) is 25.4. The zero-order valence-electron chi connectivity index (χ0n) is 17.6. The number of morpholine rings is 1. The van der Waals surface area contributed by atoms with E-state index in [-0.39, 0.29) is 6.04 Å². The van der Waals surface area contributed by atoms with Crippen LogP contribution in [0.2, 0.25) is 0 Å². The SMILES string of the molecule is C=CCC(NCCCN1CCOCC1)c1ccc(OC)c(OC)c1.O=C(O)C(=O)O. The van der Waals surface area contributed by atoms with E-state index in [1.54, 1.807) is 14.2 Å². The predicted octanol–water partition coefficient (Wildman–Crippen LogP) is 1.79. The number of methoxy groups -OCH3 is 2. The van der Waals surface area contributed by atoms with Crippen molar-refractivity contribution in [3.8, 4) is 11.5 Å². The minimum absolute atomic E-state index is 0.243. The molecule has 1 aromatic rings. The van der Waals surface area contributed by atoms with E-state index >= 15 is 0 Å². The Bertz CT molecular complexity index is 663. The van der Waals surface area contributed by atoms with Crippen molar-refractivity contribution in [3.05, 3.63) is 36.4 Å². The highest BCUT2D eigenvalue weighted by Crippen LogP contribution is 2.31. The number of benzene rings is 1. The highest BCUT2D eigenvalue weighted by atomic mass is 16.5. The Hall–Kier alpha value is -2.62. The van der Waals surface area contributed by atoms with Crippen molar-refractivity contribution < 1.29 is 34.0 Å². The third-order valence-corrected chi connectivity index (χ3v) is 4.54. The van der Waals surface area contributed by atoms with Gasteiger partial charge in [-0.25, -0.2) is 9.59 Å². The van der Waals surface area contributed by atoms with Crippen molar-refractivity contribution in [3.63, 3.8) is 0 Å². The van der Waals surface area contributed by atoms with Crippen molar-refractivity contribution in [1.29, 1.82) is 0 Å². The molecule has 2 rings (SSSR count). The minimum atomic E-state index is -1.82. The van der Waals surface area contributed by atoms with Crippen molar-refractivity contribution in [1.82, 2.24) is 10.2 Å². The van der Waals surface area contributed by atoms with Crippen molar-refractivity contribution in [2.24, 2.45) is 0 Å². The molecule has 1 aliphatic heterocycles. The molecule has 9 nitrogen and oxygen atoms in total. The highest BCUT2D eigenvalue weighted by Gasteiger charge is 2.14. The van der Waals surface area contributed by atoms with Gasteiger partial charge in [-0.3, -0.25) is 4.90 Å². The Morgan fingerprint density at radius 3 is 2.37 bits per heavy atom. The molecular formula is C21H32N2O7. The third-order valence-electron chi connectivity index (χ3n) is 4.54. The lowest BCUT2D eigenvalue weighted by Gasteiger charge is -2.27. The van der Waals surface area contributed by atoms with Crippen LogP contribution >= 0.6 is 0 Å². The van der Waals surface area contributed by atoms with Crippen molar-refractivity contribution in [2.75, 3.05) is 53.6 Å². The summed E-state index contributed by atoms with van der Waals surface area (Å²) in [6.07, 6.45) is 3.96. The maximum atomic E-state index is 9.10. The monoisotopic (exact) mass is 424 g/mol. The van der Waals surface area contributed by atoms with E-state index in [0.717, 1.165) is 63.7 Å². The second kappa shape index (κ2) is 14.4. The topological polar surface area (TPSA) is 118 Å². The molecule has 0 aliphatic carbocycles. The number of carboxylic acid groups (broad SMARTS) is 2. The zero-order valence-corrected chi connectivity index (χ0v) is 17.6. The van der Waals surface area contributed by atoms with Gasteiger partial charge in [0.1, 0.15) is 0 Å². The van der Waals surface area contributed by atoms with Gasteiger partial charge in [0.15, 0.2) is 11.5 Å². The fourth-order valence-electron chi connectivity index (χ4n) is 2.98. The number of aliphatic carboxylic acids is 2. The van der Waals surface area contributed by atoms with E-state index in [0.29, 0.717) is 0 Å². The maximum Gasteiger partial charge on any atom is 0.414 e. The molecule has 30 heavy (non-hydrogen) atoms. The second-order valence-corrected chi connectivity index (χ2v) is 6.56. The predicted molar refractivity (Wildman–Crippen MR) is 112 cm³/mol. The highest BCUT2D eigenvalue weighted by molar-refractivity contribution is 6.27. The van der Waals surface area contributed by atoms with E-state index in [1.807, 2.05) is 18.2 Å². The average Bonchev–Trinajstić information content (AvgIpc) is 2.76. The van der Waals surface area contributed by atoms with Gasteiger partial charge < -0.3 is 29.7 Å². The Labute approximate surface area is 177 Å². The Morgan fingerprint density at radius 1 is 1.20 bits per heavy atom. The molecule has 0 spiro atoms. The maximum absolute atomic E-state index is 9.10. The second-order valence-electron chi connectivity index (χ2n) is 6.56. The van der Waals surface area contributed by atoms with Crippen molar-refractivity contribution >= 4 is 11.9 Å². The standard InChI is InChI=1S/C19H30N2O3.C2H2O4/c1-4-6-17(16-7-8-18(22-2)19(15-16)23-3)20-9-5-10-21-11-13-24-14-12-21;3-1(4)2(5)6/h4,7-8,15,17,20H,1,5-6,9-14H2,2-3H3;(H,3,4)(H,5,6). The summed E-state index contributed by atoms with van der Waals surface area (Å²) in [6, 6.07) is 6.33. The molecule has 0 radical (unpaired) electrons.